The summed E-state index contributed by atoms with van der Waals surface area (Å²) in [6.45, 7) is 0.669. The first-order valence-electron chi connectivity index (χ1n) is 12.5. The van der Waals surface area contributed by atoms with E-state index in [1.807, 2.05) is 10.6 Å². The highest BCUT2D eigenvalue weighted by atomic mass is 19.1. The maximum atomic E-state index is 15.3. The van der Waals surface area contributed by atoms with Gasteiger partial charge in [0.25, 0.3) is 0 Å². The second-order valence-electron chi connectivity index (χ2n) is 9.09. The van der Waals surface area contributed by atoms with Crippen LogP contribution in [0.3, 0.4) is 0 Å². The van der Waals surface area contributed by atoms with Gasteiger partial charge in [-0.25, -0.2) is 23.5 Å². The molecule has 41 heavy (non-hydrogen) atoms. The second kappa shape index (κ2) is 11.9. The summed E-state index contributed by atoms with van der Waals surface area (Å²) in [6, 6.07) is 16.8. The molecule has 11 heteroatoms. The summed E-state index contributed by atoms with van der Waals surface area (Å²) in [5.41, 5.74) is 2.62. The van der Waals surface area contributed by atoms with Gasteiger partial charge in [0, 0.05) is 43.5 Å². The van der Waals surface area contributed by atoms with Crippen LogP contribution in [0.1, 0.15) is 32.9 Å². The Hall–Kier alpha value is -5.21. The number of hydrogen-bond acceptors (Lipinski definition) is 7. The smallest absolute Gasteiger partial charge is 0.335 e. The molecule has 2 heterocycles. The predicted octanol–water partition coefficient (Wildman–Crippen LogP) is 5.16. The molecule has 1 N–H and O–H groups in total. The number of benzene rings is 3. The Bertz CT molecular complexity index is 1800. The fraction of sp³-hybridized carbons (Fsp3) is 0.167. The Balaban J connectivity index is 1.36. The summed E-state index contributed by atoms with van der Waals surface area (Å²) in [5.74, 6) is -1.14. The average molecular weight is 556 g/mol. The van der Waals surface area contributed by atoms with E-state index in [1.54, 1.807) is 31.4 Å². The first-order chi connectivity index (χ1) is 19.9. The molecule has 0 spiro atoms. The van der Waals surface area contributed by atoms with Gasteiger partial charge < -0.3 is 19.1 Å². The minimum absolute atomic E-state index is 0.112. The largest absolute Gasteiger partial charge is 0.478 e. The molecule has 0 aliphatic carbocycles. The van der Waals surface area contributed by atoms with Crippen molar-refractivity contribution in [3.8, 4) is 23.3 Å². The molecule has 0 amide bonds. The van der Waals surface area contributed by atoms with E-state index in [0.29, 0.717) is 41.1 Å². The number of halogens is 2. The number of methoxy groups -OCH3 is 1. The molecule has 0 aliphatic heterocycles. The van der Waals surface area contributed by atoms with Crippen LogP contribution in [0.5, 0.6) is 5.88 Å². The normalized spacial score (nSPS) is 11.0. The number of hydrogen-bond donors (Lipinski definition) is 1. The Labute approximate surface area is 233 Å². The highest BCUT2D eigenvalue weighted by molar-refractivity contribution is 5.92. The van der Waals surface area contributed by atoms with Gasteiger partial charge in [0.15, 0.2) is 5.82 Å². The second-order valence-corrected chi connectivity index (χ2v) is 9.09. The molecule has 3 aromatic carbocycles. The molecule has 5 aromatic rings. The van der Waals surface area contributed by atoms with Crippen molar-refractivity contribution in [2.45, 2.75) is 19.6 Å². The lowest BCUT2D eigenvalue weighted by molar-refractivity contribution is 0.0697. The van der Waals surface area contributed by atoms with E-state index in [2.05, 4.69) is 15.0 Å². The maximum absolute atomic E-state index is 15.3. The van der Waals surface area contributed by atoms with Crippen LogP contribution in [-0.2, 0) is 24.3 Å². The summed E-state index contributed by atoms with van der Waals surface area (Å²) in [7, 11) is 1.56. The van der Waals surface area contributed by atoms with E-state index in [0.717, 1.165) is 6.07 Å². The van der Waals surface area contributed by atoms with Crippen molar-refractivity contribution >= 4 is 17.0 Å². The minimum Gasteiger partial charge on any atom is -0.478 e. The number of carboxylic acids is 1. The van der Waals surface area contributed by atoms with Gasteiger partial charge in [0.05, 0.1) is 34.8 Å². The van der Waals surface area contributed by atoms with Crippen LogP contribution in [0.25, 0.3) is 22.4 Å². The summed E-state index contributed by atoms with van der Waals surface area (Å²) in [4.78, 5) is 24.6. The van der Waals surface area contributed by atoms with Crippen molar-refractivity contribution in [1.29, 1.82) is 5.26 Å². The number of ether oxygens (including phenoxy) is 2. The summed E-state index contributed by atoms with van der Waals surface area (Å²) < 4.78 is 42.1. The Morgan fingerprint density at radius 3 is 2.56 bits per heavy atom. The van der Waals surface area contributed by atoms with Crippen LogP contribution in [0, 0.1) is 23.0 Å². The van der Waals surface area contributed by atoms with E-state index >= 15 is 4.39 Å². The quantitative estimate of drug-likeness (QED) is 0.251. The standard InChI is InChI=1S/C30H23F2N5O4/c1-40-11-10-37-26-14-21(30(38)39)6-7-25(26)35-27(37)15-19-4-5-20(13-24(19)32)29-34-9-8-28(36-29)41-17-22-3-2-18(16-33)12-23(22)31/h2-9,12-14H,10-11,15,17H2,1H3,(H,38,39). The van der Waals surface area contributed by atoms with E-state index in [1.165, 1.54) is 36.5 Å². The minimum atomic E-state index is -1.05. The topological polar surface area (TPSA) is 123 Å². The molecule has 5 rings (SSSR count). The van der Waals surface area contributed by atoms with Gasteiger partial charge in [0.1, 0.15) is 24.1 Å². The predicted molar refractivity (Wildman–Crippen MR) is 144 cm³/mol. The third-order valence-electron chi connectivity index (χ3n) is 6.44. The van der Waals surface area contributed by atoms with Crippen LogP contribution < -0.4 is 4.74 Å². The molecule has 0 aliphatic rings. The molecule has 0 bridgehead atoms. The van der Waals surface area contributed by atoms with Crippen molar-refractivity contribution in [3.05, 3.63) is 107 Å². The monoisotopic (exact) mass is 555 g/mol. The number of imidazole rings is 1. The number of carbonyl (C=O) groups is 1. The van der Waals surface area contributed by atoms with Gasteiger partial charge in [-0.15, -0.1) is 0 Å². The van der Waals surface area contributed by atoms with Crippen molar-refractivity contribution in [2.75, 3.05) is 13.7 Å². The first-order valence-corrected chi connectivity index (χ1v) is 12.5. The SMILES string of the molecule is COCCn1c(Cc2ccc(-c3nccc(OCc4ccc(C#N)cc4F)n3)cc2F)nc2ccc(C(=O)O)cc21. The number of aromatic carboxylic acids is 1. The number of nitriles is 1. The number of fused-ring (bicyclic) bond motifs is 1. The molecule has 0 saturated heterocycles. The molecule has 0 unspecified atom stereocenters. The lowest BCUT2D eigenvalue weighted by Gasteiger charge is -2.11. The van der Waals surface area contributed by atoms with Crippen LogP contribution in [0.2, 0.25) is 0 Å². The van der Waals surface area contributed by atoms with Gasteiger partial charge in [-0.1, -0.05) is 18.2 Å². The van der Waals surface area contributed by atoms with Crippen LogP contribution >= 0.6 is 0 Å². The van der Waals surface area contributed by atoms with E-state index < -0.39 is 17.6 Å². The Morgan fingerprint density at radius 1 is 1.02 bits per heavy atom. The number of nitrogens with zero attached hydrogens (tertiary/aromatic N) is 5. The highest BCUT2D eigenvalue weighted by Crippen LogP contribution is 2.25. The van der Waals surface area contributed by atoms with Crippen molar-refractivity contribution in [3.63, 3.8) is 0 Å². The number of rotatable bonds is 10. The molecule has 0 fully saturated rings. The Morgan fingerprint density at radius 2 is 1.83 bits per heavy atom. The van der Waals surface area contributed by atoms with Crippen LogP contribution in [0.15, 0.2) is 66.9 Å². The van der Waals surface area contributed by atoms with Crippen LogP contribution in [0.4, 0.5) is 8.78 Å². The third kappa shape index (κ3) is 6.03. The first kappa shape index (κ1) is 27.4. The zero-order valence-electron chi connectivity index (χ0n) is 21.8. The molecule has 0 atom stereocenters. The zero-order valence-corrected chi connectivity index (χ0v) is 21.8. The fourth-order valence-corrected chi connectivity index (χ4v) is 4.32. The lowest BCUT2D eigenvalue weighted by atomic mass is 10.1. The number of aromatic nitrogens is 4. The molecule has 0 radical (unpaired) electrons. The van der Waals surface area contributed by atoms with Crippen molar-refractivity contribution in [2.24, 2.45) is 0 Å². The van der Waals surface area contributed by atoms with Gasteiger partial charge >= 0.3 is 5.97 Å². The summed E-state index contributed by atoms with van der Waals surface area (Å²) >= 11 is 0. The molecular weight excluding hydrogens is 532 g/mol. The van der Waals surface area contributed by atoms with Crippen LogP contribution in [-0.4, -0.2) is 44.3 Å². The molecule has 0 saturated carbocycles. The highest BCUT2D eigenvalue weighted by Gasteiger charge is 2.16. The molecule has 9 nitrogen and oxygen atoms in total. The summed E-state index contributed by atoms with van der Waals surface area (Å²) in [6.07, 6.45) is 1.62. The zero-order chi connectivity index (χ0) is 28.9. The van der Waals surface area contributed by atoms with E-state index in [-0.39, 0.29) is 41.4 Å². The van der Waals surface area contributed by atoms with Gasteiger partial charge in [-0.3, -0.25) is 0 Å². The molecular formula is C30H23F2N5O4. The fourth-order valence-electron chi connectivity index (χ4n) is 4.32. The van der Waals surface area contributed by atoms with Crippen molar-refractivity contribution < 1.29 is 28.2 Å². The average Bonchev–Trinajstić information content (AvgIpc) is 3.32. The van der Waals surface area contributed by atoms with Gasteiger partial charge in [-0.2, -0.15) is 10.2 Å². The van der Waals surface area contributed by atoms with Crippen molar-refractivity contribution in [1.82, 2.24) is 19.5 Å². The van der Waals surface area contributed by atoms with E-state index in [9.17, 15) is 14.3 Å². The molecule has 2 aromatic heterocycles. The summed E-state index contributed by atoms with van der Waals surface area (Å²) in [5, 5.41) is 18.3. The maximum Gasteiger partial charge on any atom is 0.335 e. The number of carboxylic acid groups (broad SMARTS) is 1. The van der Waals surface area contributed by atoms with Gasteiger partial charge in [-0.05, 0) is 42.0 Å². The Kier molecular flexibility index (Phi) is 7.94. The third-order valence-corrected chi connectivity index (χ3v) is 6.44. The molecule has 206 valence electrons. The van der Waals surface area contributed by atoms with Gasteiger partial charge in [0.2, 0.25) is 5.88 Å². The lowest BCUT2D eigenvalue weighted by Crippen LogP contribution is -2.10. The van der Waals surface area contributed by atoms with E-state index in [4.69, 9.17) is 14.7 Å².